The zero-order valence-electron chi connectivity index (χ0n) is 11.7. The van der Waals surface area contributed by atoms with E-state index in [1.54, 1.807) is 7.05 Å². The molecule has 4 nitrogen and oxygen atoms in total. The van der Waals surface area contributed by atoms with Crippen LogP contribution in [0.1, 0.15) is 31.9 Å². The molecular weight excluding hydrogens is 264 g/mol. The Hall–Kier alpha value is -1.26. The molecule has 19 heavy (non-hydrogen) atoms. The van der Waals surface area contributed by atoms with Gasteiger partial charge in [0.2, 0.25) is 5.91 Å². The van der Waals surface area contributed by atoms with E-state index >= 15 is 0 Å². The van der Waals surface area contributed by atoms with Crippen LogP contribution in [0.2, 0.25) is 0 Å². The minimum absolute atomic E-state index is 0. The lowest BCUT2D eigenvalue weighted by molar-refractivity contribution is -0.120. The molecule has 0 fully saturated rings. The number of carbonyl (C=O) groups excluding carboxylic acids is 1. The third kappa shape index (κ3) is 5.49. The second-order valence-electron chi connectivity index (χ2n) is 4.03. The van der Waals surface area contributed by atoms with Crippen molar-refractivity contribution in [2.45, 2.75) is 26.3 Å². The molecule has 0 spiro atoms. The second kappa shape index (κ2) is 9.64. The SMILES string of the molecule is CCOc1ccccc1C(CC)NC(=O)CNC.Cl. The Morgan fingerprint density at radius 1 is 1.32 bits per heavy atom. The highest BCUT2D eigenvalue weighted by Gasteiger charge is 2.16. The Balaban J connectivity index is 0.00000324. The van der Waals surface area contributed by atoms with E-state index in [1.807, 2.05) is 38.1 Å². The molecule has 0 aliphatic rings. The summed E-state index contributed by atoms with van der Waals surface area (Å²) in [6, 6.07) is 7.83. The molecule has 0 saturated heterocycles. The van der Waals surface area contributed by atoms with Gasteiger partial charge in [0, 0.05) is 5.56 Å². The Morgan fingerprint density at radius 2 is 2.00 bits per heavy atom. The normalized spacial score (nSPS) is 11.3. The summed E-state index contributed by atoms with van der Waals surface area (Å²) in [5, 5.41) is 5.85. The predicted octanol–water partition coefficient (Wildman–Crippen LogP) is 2.29. The number of halogens is 1. The highest BCUT2D eigenvalue weighted by atomic mass is 35.5. The van der Waals surface area contributed by atoms with Crippen molar-refractivity contribution in [3.8, 4) is 5.75 Å². The van der Waals surface area contributed by atoms with Crippen molar-refractivity contribution in [3.63, 3.8) is 0 Å². The smallest absolute Gasteiger partial charge is 0.234 e. The highest BCUT2D eigenvalue weighted by Crippen LogP contribution is 2.26. The lowest BCUT2D eigenvalue weighted by Crippen LogP contribution is -2.35. The molecule has 0 heterocycles. The average Bonchev–Trinajstić information content (AvgIpc) is 2.37. The third-order valence-corrected chi connectivity index (χ3v) is 2.68. The fraction of sp³-hybridized carbons (Fsp3) is 0.500. The van der Waals surface area contributed by atoms with Gasteiger partial charge in [-0.05, 0) is 26.5 Å². The first kappa shape index (κ1) is 17.7. The van der Waals surface area contributed by atoms with Crippen LogP contribution in [0, 0.1) is 0 Å². The molecule has 1 aromatic carbocycles. The largest absolute Gasteiger partial charge is 0.494 e. The summed E-state index contributed by atoms with van der Waals surface area (Å²) in [6.45, 7) is 4.95. The van der Waals surface area contributed by atoms with E-state index in [0.29, 0.717) is 13.2 Å². The molecule has 1 aromatic rings. The Bertz CT molecular complexity index is 385. The minimum Gasteiger partial charge on any atom is -0.494 e. The van der Waals surface area contributed by atoms with Gasteiger partial charge in [-0.3, -0.25) is 4.79 Å². The zero-order chi connectivity index (χ0) is 13.4. The fourth-order valence-electron chi connectivity index (χ4n) is 1.86. The standard InChI is InChI=1S/C14H22N2O2.ClH/c1-4-12(16-14(17)10-15-3)11-8-6-7-9-13(11)18-5-2;/h6-9,12,15H,4-5,10H2,1-3H3,(H,16,17);1H. The number of hydrogen-bond acceptors (Lipinski definition) is 3. The average molecular weight is 287 g/mol. The lowest BCUT2D eigenvalue weighted by atomic mass is 10.0. The number of ether oxygens (including phenoxy) is 1. The Labute approximate surface area is 121 Å². The summed E-state index contributed by atoms with van der Waals surface area (Å²) < 4.78 is 5.59. The van der Waals surface area contributed by atoms with E-state index < -0.39 is 0 Å². The number of amides is 1. The molecule has 0 aromatic heterocycles. The van der Waals surface area contributed by atoms with E-state index in [4.69, 9.17) is 4.74 Å². The Kier molecular flexibility index (Phi) is 9.00. The third-order valence-electron chi connectivity index (χ3n) is 2.68. The molecule has 1 unspecified atom stereocenters. The molecule has 0 bridgehead atoms. The molecule has 0 aliphatic heterocycles. The molecular formula is C14H23ClN2O2. The van der Waals surface area contributed by atoms with Crippen LogP contribution in [0.25, 0.3) is 0 Å². The van der Waals surface area contributed by atoms with Crippen LogP contribution in [0.3, 0.4) is 0 Å². The monoisotopic (exact) mass is 286 g/mol. The first-order valence-corrected chi connectivity index (χ1v) is 6.38. The maximum atomic E-state index is 11.6. The van der Waals surface area contributed by atoms with Gasteiger partial charge in [0.1, 0.15) is 5.75 Å². The van der Waals surface area contributed by atoms with Crippen LogP contribution < -0.4 is 15.4 Å². The maximum Gasteiger partial charge on any atom is 0.234 e. The van der Waals surface area contributed by atoms with Gasteiger partial charge in [-0.25, -0.2) is 0 Å². The number of carbonyl (C=O) groups is 1. The summed E-state index contributed by atoms with van der Waals surface area (Å²) in [6.07, 6.45) is 0.833. The van der Waals surface area contributed by atoms with Crippen LogP contribution >= 0.6 is 12.4 Å². The number of nitrogens with one attached hydrogen (secondary N) is 2. The second-order valence-corrected chi connectivity index (χ2v) is 4.03. The van der Waals surface area contributed by atoms with E-state index in [0.717, 1.165) is 17.7 Å². The molecule has 1 rings (SSSR count). The predicted molar refractivity (Wildman–Crippen MR) is 80.0 cm³/mol. The van der Waals surface area contributed by atoms with Crippen molar-refractivity contribution in [1.29, 1.82) is 0 Å². The van der Waals surface area contributed by atoms with Gasteiger partial charge in [0.15, 0.2) is 0 Å². The quantitative estimate of drug-likeness (QED) is 0.809. The van der Waals surface area contributed by atoms with Gasteiger partial charge in [-0.2, -0.15) is 0 Å². The van der Waals surface area contributed by atoms with Crippen LogP contribution in [0.5, 0.6) is 5.75 Å². The molecule has 108 valence electrons. The summed E-state index contributed by atoms with van der Waals surface area (Å²) in [7, 11) is 1.76. The van der Waals surface area contributed by atoms with Crippen molar-refractivity contribution in [3.05, 3.63) is 29.8 Å². The number of rotatable bonds is 7. The van der Waals surface area contributed by atoms with Crippen molar-refractivity contribution in [2.24, 2.45) is 0 Å². The molecule has 2 N–H and O–H groups in total. The molecule has 0 saturated carbocycles. The van der Waals surface area contributed by atoms with Gasteiger partial charge in [0.25, 0.3) is 0 Å². The highest BCUT2D eigenvalue weighted by molar-refractivity contribution is 5.85. The van der Waals surface area contributed by atoms with E-state index in [-0.39, 0.29) is 24.4 Å². The summed E-state index contributed by atoms with van der Waals surface area (Å²) >= 11 is 0. The summed E-state index contributed by atoms with van der Waals surface area (Å²) in [5.41, 5.74) is 1.03. The Morgan fingerprint density at radius 3 is 2.58 bits per heavy atom. The zero-order valence-corrected chi connectivity index (χ0v) is 12.5. The topological polar surface area (TPSA) is 50.4 Å². The van der Waals surface area contributed by atoms with E-state index in [9.17, 15) is 4.79 Å². The van der Waals surface area contributed by atoms with Crippen molar-refractivity contribution in [1.82, 2.24) is 10.6 Å². The summed E-state index contributed by atoms with van der Waals surface area (Å²) in [5.74, 6) is 0.840. The van der Waals surface area contributed by atoms with Crippen LogP contribution in [0.15, 0.2) is 24.3 Å². The fourth-order valence-corrected chi connectivity index (χ4v) is 1.86. The van der Waals surface area contributed by atoms with Crippen LogP contribution in [-0.2, 0) is 4.79 Å². The summed E-state index contributed by atoms with van der Waals surface area (Å²) in [4.78, 5) is 11.6. The van der Waals surface area contributed by atoms with Crippen LogP contribution in [-0.4, -0.2) is 26.1 Å². The molecule has 0 aliphatic carbocycles. The van der Waals surface area contributed by atoms with Gasteiger partial charge in [-0.15, -0.1) is 12.4 Å². The number of likely N-dealkylation sites (N-methyl/N-ethyl adjacent to an activating group) is 1. The first-order chi connectivity index (χ1) is 8.72. The number of hydrogen-bond donors (Lipinski definition) is 2. The van der Waals surface area contributed by atoms with Gasteiger partial charge in [0.05, 0.1) is 19.2 Å². The molecule has 5 heteroatoms. The van der Waals surface area contributed by atoms with E-state index in [1.165, 1.54) is 0 Å². The van der Waals surface area contributed by atoms with Crippen molar-refractivity contribution >= 4 is 18.3 Å². The molecule has 1 atom stereocenters. The first-order valence-electron chi connectivity index (χ1n) is 6.38. The molecule has 0 radical (unpaired) electrons. The van der Waals surface area contributed by atoms with Crippen molar-refractivity contribution < 1.29 is 9.53 Å². The van der Waals surface area contributed by atoms with Crippen LogP contribution in [0.4, 0.5) is 0 Å². The lowest BCUT2D eigenvalue weighted by Gasteiger charge is -2.20. The van der Waals surface area contributed by atoms with Gasteiger partial charge in [-0.1, -0.05) is 25.1 Å². The van der Waals surface area contributed by atoms with Gasteiger partial charge < -0.3 is 15.4 Å². The van der Waals surface area contributed by atoms with Gasteiger partial charge >= 0.3 is 0 Å². The van der Waals surface area contributed by atoms with Crippen molar-refractivity contribution in [2.75, 3.05) is 20.2 Å². The van der Waals surface area contributed by atoms with E-state index in [2.05, 4.69) is 10.6 Å². The minimum atomic E-state index is -0.00593. The number of para-hydroxylation sites is 1. The maximum absolute atomic E-state index is 11.6. The number of benzene rings is 1. The molecule has 1 amide bonds.